The highest BCUT2D eigenvalue weighted by Crippen LogP contribution is 2.41. The number of rotatable bonds is 18. The molecule has 3 N–H and O–H groups in total. The lowest BCUT2D eigenvalue weighted by Crippen LogP contribution is -2.68. The number of hydrogen-bond acceptors (Lipinski definition) is 16. The summed E-state index contributed by atoms with van der Waals surface area (Å²) in [7, 11) is -0.170. The number of aliphatic hydroxyl groups is 1. The number of hydrogen-bond donors (Lipinski definition) is 3. The fraction of sp³-hybridized carbons (Fsp3) is 0.408. The third-order valence-electron chi connectivity index (χ3n) is 10.7. The average Bonchev–Trinajstić information content (AvgIpc) is 4.09. The van der Waals surface area contributed by atoms with Crippen molar-refractivity contribution in [3.63, 3.8) is 0 Å². The monoisotopic (exact) mass is 1000 g/mol. The number of amides is 2. The first-order valence-electron chi connectivity index (χ1n) is 22.0. The van der Waals surface area contributed by atoms with Crippen molar-refractivity contribution in [3.8, 4) is 22.0 Å². The molecule has 0 unspecified atom stereocenters. The summed E-state index contributed by atoms with van der Waals surface area (Å²) in [5.74, 6) is -1.07. The van der Waals surface area contributed by atoms with Crippen molar-refractivity contribution in [2.24, 2.45) is 0 Å². The summed E-state index contributed by atoms with van der Waals surface area (Å²) in [5, 5.41) is 25.3. The number of methoxy groups -OCH3 is 2. The maximum atomic E-state index is 14.6. The lowest BCUT2D eigenvalue weighted by atomic mass is 10.00. The van der Waals surface area contributed by atoms with Crippen LogP contribution in [-0.2, 0) is 23.4 Å². The Morgan fingerprint density at radius 1 is 0.735 bits per heavy atom. The highest BCUT2D eigenvalue weighted by Gasteiger charge is 2.52. The SMILES string of the molecule is CCOC(=O)c1csc(-c2ccc(C(OC)OC)nc2-c2csc([C@@H](NC(=O)c3csc([C@H](NC(=O)OC(C)(C)C)C(C)(C)O)n3)[C@@H](C)O[Si](c3ccccc3)(c3ccccc3)C(C)(C)C)n2)n1. The summed E-state index contributed by atoms with van der Waals surface area (Å²) in [5.41, 5.74) is -0.0405. The molecule has 4 heterocycles. The van der Waals surface area contributed by atoms with E-state index in [9.17, 15) is 19.5 Å². The van der Waals surface area contributed by atoms with E-state index in [2.05, 4.69) is 65.6 Å². The van der Waals surface area contributed by atoms with Gasteiger partial charge < -0.3 is 39.1 Å². The van der Waals surface area contributed by atoms with Gasteiger partial charge in [0.15, 0.2) is 5.69 Å². The normalized spacial score (nSPS) is 13.7. The summed E-state index contributed by atoms with van der Waals surface area (Å²) >= 11 is 3.71. The van der Waals surface area contributed by atoms with Crippen LogP contribution in [0, 0.1) is 0 Å². The second-order valence-electron chi connectivity index (χ2n) is 18.5. The Hall–Kier alpha value is -5.25. The van der Waals surface area contributed by atoms with Crippen molar-refractivity contribution in [1.82, 2.24) is 30.6 Å². The number of nitrogens with zero attached hydrogens (tertiary/aromatic N) is 4. The van der Waals surface area contributed by atoms with Gasteiger partial charge in [0.25, 0.3) is 14.2 Å². The maximum Gasteiger partial charge on any atom is 0.408 e. The van der Waals surface area contributed by atoms with E-state index in [4.69, 9.17) is 33.3 Å². The second-order valence-corrected chi connectivity index (χ2v) is 25.4. The number of benzene rings is 2. The van der Waals surface area contributed by atoms with Crippen LogP contribution in [0.4, 0.5) is 4.79 Å². The Labute approximate surface area is 410 Å². The minimum Gasteiger partial charge on any atom is -0.461 e. The molecule has 68 heavy (non-hydrogen) atoms. The molecule has 4 aromatic heterocycles. The number of ether oxygens (including phenoxy) is 4. The van der Waals surface area contributed by atoms with Gasteiger partial charge in [0.1, 0.15) is 49.8 Å². The van der Waals surface area contributed by atoms with Crippen molar-refractivity contribution >= 4 is 70.7 Å². The lowest BCUT2D eigenvalue weighted by Gasteiger charge is -2.45. The van der Waals surface area contributed by atoms with E-state index < -0.39 is 67.0 Å². The molecule has 0 radical (unpaired) electrons. The molecule has 0 aliphatic rings. The smallest absolute Gasteiger partial charge is 0.408 e. The number of alkyl carbamates (subject to hydrolysis) is 1. The number of carbonyl (C=O) groups is 3. The third-order valence-corrected chi connectivity index (χ3v) is 18.6. The van der Waals surface area contributed by atoms with Gasteiger partial charge in [0, 0.05) is 35.9 Å². The van der Waals surface area contributed by atoms with Crippen molar-refractivity contribution in [2.75, 3.05) is 20.8 Å². The van der Waals surface area contributed by atoms with Gasteiger partial charge in [-0.2, -0.15) is 0 Å². The highest BCUT2D eigenvalue weighted by molar-refractivity contribution is 7.13. The molecule has 15 nitrogen and oxygen atoms in total. The van der Waals surface area contributed by atoms with E-state index in [1.165, 1.54) is 36.9 Å². The van der Waals surface area contributed by atoms with Crippen LogP contribution in [0.5, 0.6) is 0 Å². The number of thiazole rings is 3. The second kappa shape index (κ2) is 21.6. The molecular formula is C49H60N6O9S3Si. The van der Waals surface area contributed by atoms with Gasteiger partial charge in [-0.3, -0.25) is 4.79 Å². The topological polar surface area (TPSA) is 193 Å². The summed E-state index contributed by atoms with van der Waals surface area (Å²) < 4.78 is 29.5. The molecule has 2 aromatic carbocycles. The van der Waals surface area contributed by atoms with Crippen LogP contribution >= 0.6 is 34.0 Å². The molecule has 2 amide bonds. The molecule has 6 rings (SSSR count). The quantitative estimate of drug-likeness (QED) is 0.0420. The first kappa shape index (κ1) is 52.1. The van der Waals surface area contributed by atoms with E-state index in [1.54, 1.807) is 58.4 Å². The Bertz CT molecular complexity index is 2610. The van der Waals surface area contributed by atoms with Gasteiger partial charge in [-0.1, -0.05) is 81.4 Å². The molecule has 0 saturated carbocycles. The van der Waals surface area contributed by atoms with Crippen molar-refractivity contribution in [2.45, 2.75) is 110 Å². The summed E-state index contributed by atoms with van der Waals surface area (Å²) in [6.45, 7) is 18.7. The zero-order valence-electron chi connectivity index (χ0n) is 40.4. The Kier molecular flexibility index (Phi) is 16.5. The van der Waals surface area contributed by atoms with Crippen LogP contribution in [0.25, 0.3) is 22.0 Å². The summed E-state index contributed by atoms with van der Waals surface area (Å²) in [6, 6.07) is 22.2. The van der Waals surface area contributed by atoms with E-state index in [-0.39, 0.29) is 18.0 Å². The fourth-order valence-electron chi connectivity index (χ4n) is 7.67. The number of pyridine rings is 1. The lowest BCUT2D eigenvalue weighted by molar-refractivity contribution is -0.108. The zero-order valence-corrected chi connectivity index (χ0v) is 43.9. The van der Waals surface area contributed by atoms with E-state index in [1.807, 2.05) is 54.8 Å². The summed E-state index contributed by atoms with van der Waals surface area (Å²) in [4.78, 5) is 59.7. The Morgan fingerprint density at radius 3 is 1.90 bits per heavy atom. The van der Waals surface area contributed by atoms with Crippen molar-refractivity contribution in [3.05, 3.63) is 116 Å². The molecule has 3 atom stereocenters. The van der Waals surface area contributed by atoms with Gasteiger partial charge >= 0.3 is 12.1 Å². The molecule has 0 spiro atoms. The van der Waals surface area contributed by atoms with Crippen LogP contribution in [0.1, 0.15) is 124 Å². The fourth-order valence-corrected chi connectivity index (χ4v) is 15.2. The molecule has 0 fully saturated rings. The minimum atomic E-state index is -3.21. The number of esters is 1. The van der Waals surface area contributed by atoms with Gasteiger partial charge in [-0.15, -0.1) is 34.0 Å². The van der Waals surface area contributed by atoms with Crippen molar-refractivity contribution < 1.29 is 42.9 Å². The predicted molar refractivity (Wildman–Crippen MR) is 268 cm³/mol. The van der Waals surface area contributed by atoms with Gasteiger partial charge in [-0.25, -0.2) is 29.5 Å². The van der Waals surface area contributed by atoms with Crippen LogP contribution in [0.15, 0.2) is 88.9 Å². The molecule has 0 saturated heterocycles. The average molecular weight is 1000 g/mol. The van der Waals surface area contributed by atoms with E-state index >= 15 is 0 Å². The predicted octanol–water partition coefficient (Wildman–Crippen LogP) is 9.03. The van der Waals surface area contributed by atoms with Gasteiger partial charge in [-0.05, 0) is 76.0 Å². The largest absolute Gasteiger partial charge is 0.461 e. The first-order valence-corrected chi connectivity index (χ1v) is 26.6. The molecule has 0 aliphatic carbocycles. The van der Waals surface area contributed by atoms with Gasteiger partial charge in [0.05, 0.1) is 24.0 Å². The highest BCUT2D eigenvalue weighted by atomic mass is 32.1. The van der Waals surface area contributed by atoms with Crippen LogP contribution in [0.3, 0.4) is 0 Å². The van der Waals surface area contributed by atoms with Crippen LogP contribution < -0.4 is 21.0 Å². The van der Waals surface area contributed by atoms with Crippen molar-refractivity contribution in [1.29, 1.82) is 0 Å². The number of nitrogens with one attached hydrogen (secondary N) is 2. The molecule has 6 aromatic rings. The van der Waals surface area contributed by atoms with E-state index in [0.717, 1.165) is 21.7 Å². The Morgan fingerprint density at radius 2 is 1.34 bits per heavy atom. The maximum absolute atomic E-state index is 14.6. The molecule has 0 bridgehead atoms. The van der Waals surface area contributed by atoms with Crippen LogP contribution in [0.2, 0.25) is 5.04 Å². The van der Waals surface area contributed by atoms with Gasteiger partial charge in [0.2, 0.25) is 6.29 Å². The molecular weight excluding hydrogens is 941 g/mol. The molecule has 0 aliphatic heterocycles. The first-order chi connectivity index (χ1) is 32.1. The standard InChI is InChI=1S/C49H60N6O9S3Si/c1-13-62-44(57)36-28-65-41(53-36)32-24-25-33(45(60-11)61-12)50-38(32)34-26-66-42(51-34)37(29(2)64-68(48(6,7)8,30-20-16-14-17-21-30)31-22-18-15-19-23-31)54-40(56)35-27-67-43(52-35)39(49(9,10)59)55-46(58)63-47(3,4)5/h14-29,37,39,45,59H,13H2,1-12H3,(H,54,56)(H,55,58)/t29-,37+,39+/m1/s1. The molecule has 19 heteroatoms. The molecule has 362 valence electrons. The zero-order chi connectivity index (χ0) is 49.6. The van der Waals surface area contributed by atoms with E-state index in [0.29, 0.717) is 37.7 Å². The number of aromatic nitrogens is 4. The number of carbonyl (C=O) groups excluding carboxylic acids is 3. The van der Waals surface area contributed by atoms with Crippen LogP contribution in [-0.4, -0.2) is 89.5 Å². The Balaban J connectivity index is 1.47. The minimum absolute atomic E-state index is 0.0627. The third kappa shape index (κ3) is 11.9. The summed E-state index contributed by atoms with van der Waals surface area (Å²) in [6.07, 6.45) is -2.23.